The minimum Gasteiger partial charge on any atom is -0.376 e. The summed E-state index contributed by atoms with van der Waals surface area (Å²) in [5, 5.41) is 2.98. The Morgan fingerprint density at radius 3 is 2.68 bits per heavy atom. The van der Waals surface area contributed by atoms with Crippen LogP contribution in [0.25, 0.3) is 0 Å². The number of amides is 2. The van der Waals surface area contributed by atoms with Crippen molar-refractivity contribution in [2.45, 2.75) is 19.9 Å². The predicted octanol–water partition coefficient (Wildman–Crippen LogP) is 1.60. The number of rotatable bonds is 5. The van der Waals surface area contributed by atoms with Gasteiger partial charge < -0.3 is 20.1 Å². The fraction of sp³-hybridized carbons (Fsp3) is 0.350. The molecule has 3 rings (SSSR count). The zero-order valence-corrected chi connectivity index (χ0v) is 15.9. The predicted molar refractivity (Wildman–Crippen MR) is 104 cm³/mol. The van der Waals surface area contributed by atoms with Gasteiger partial charge in [-0.1, -0.05) is 0 Å². The number of carbonyl (C=O) groups excluding carboxylic acids is 2. The Labute approximate surface area is 162 Å². The van der Waals surface area contributed by atoms with Crippen LogP contribution in [0.2, 0.25) is 0 Å². The summed E-state index contributed by atoms with van der Waals surface area (Å²) in [7, 11) is 1.65. The average molecular weight is 386 g/mol. The van der Waals surface area contributed by atoms with E-state index in [1.54, 1.807) is 30.3 Å². The number of benzene rings is 1. The molecule has 2 heterocycles. The summed E-state index contributed by atoms with van der Waals surface area (Å²) in [5.74, 6) is -0.754. The Morgan fingerprint density at radius 2 is 2.00 bits per heavy atom. The summed E-state index contributed by atoms with van der Waals surface area (Å²) < 4.78 is 13.0. The maximum absolute atomic E-state index is 13.0. The van der Waals surface area contributed by atoms with Crippen molar-refractivity contribution < 1.29 is 14.0 Å². The first-order chi connectivity index (χ1) is 13.4. The normalized spacial score (nSPS) is 13.0. The van der Waals surface area contributed by atoms with Crippen LogP contribution >= 0.6 is 0 Å². The van der Waals surface area contributed by atoms with Crippen LogP contribution in [0.5, 0.6) is 0 Å². The van der Waals surface area contributed by atoms with Gasteiger partial charge in [0.05, 0.1) is 6.54 Å². The molecule has 0 atom stereocenters. The van der Waals surface area contributed by atoms with Gasteiger partial charge in [-0.25, -0.2) is 4.39 Å². The molecule has 2 aromatic rings. The number of nitrogens with zero attached hydrogens (tertiary/aromatic N) is 2. The van der Waals surface area contributed by atoms with Crippen molar-refractivity contribution in [2.75, 3.05) is 32.0 Å². The second-order valence-electron chi connectivity index (χ2n) is 6.74. The van der Waals surface area contributed by atoms with E-state index in [0.29, 0.717) is 37.3 Å². The van der Waals surface area contributed by atoms with Gasteiger partial charge in [0.2, 0.25) is 5.91 Å². The third-order valence-corrected chi connectivity index (χ3v) is 4.96. The van der Waals surface area contributed by atoms with Gasteiger partial charge >= 0.3 is 0 Å². The van der Waals surface area contributed by atoms with Crippen molar-refractivity contribution in [3.8, 4) is 0 Å². The van der Waals surface area contributed by atoms with Crippen molar-refractivity contribution in [1.29, 1.82) is 0 Å². The van der Waals surface area contributed by atoms with Gasteiger partial charge in [0.25, 0.3) is 11.5 Å². The number of H-pyrrole nitrogens is 1. The zero-order valence-electron chi connectivity index (χ0n) is 15.9. The van der Waals surface area contributed by atoms with Gasteiger partial charge in [-0.15, -0.1) is 0 Å². The molecule has 8 heteroatoms. The molecule has 1 aromatic heterocycles. The number of hydrogen-bond donors (Lipinski definition) is 2. The van der Waals surface area contributed by atoms with E-state index in [0.717, 1.165) is 5.56 Å². The minimum absolute atomic E-state index is 0.0781. The Bertz CT molecular complexity index is 939. The van der Waals surface area contributed by atoms with Crippen LogP contribution in [0.3, 0.4) is 0 Å². The molecule has 28 heavy (non-hydrogen) atoms. The summed E-state index contributed by atoms with van der Waals surface area (Å²) >= 11 is 0. The molecule has 0 unspecified atom stereocenters. The number of halogens is 1. The molecule has 1 aliphatic heterocycles. The molecule has 0 saturated heterocycles. The fourth-order valence-electron chi connectivity index (χ4n) is 3.20. The number of aromatic nitrogens is 1. The lowest BCUT2D eigenvalue weighted by Gasteiger charge is -2.30. The number of aromatic amines is 1. The molecular weight excluding hydrogens is 363 g/mol. The van der Waals surface area contributed by atoms with Gasteiger partial charge in [0.15, 0.2) is 0 Å². The van der Waals surface area contributed by atoms with Gasteiger partial charge in [-0.05, 0) is 48.7 Å². The molecule has 0 radical (unpaired) electrons. The van der Waals surface area contributed by atoms with E-state index in [2.05, 4.69) is 10.3 Å². The molecule has 7 nitrogen and oxygen atoms in total. The van der Waals surface area contributed by atoms with Crippen LogP contribution in [0.15, 0.2) is 35.3 Å². The van der Waals surface area contributed by atoms with Crippen LogP contribution < -0.4 is 10.9 Å². The van der Waals surface area contributed by atoms with E-state index < -0.39 is 5.56 Å². The first-order valence-corrected chi connectivity index (χ1v) is 9.16. The molecule has 148 valence electrons. The maximum atomic E-state index is 13.0. The van der Waals surface area contributed by atoms with Gasteiger partial charge in [-0.2, -0.15) is 0 Å². The summed E-state index contributed by atoms with van der Waals surface area (Å²) in [6.45, 7) is 3.18. The standard InChI is InChI=1S/C20H23FN4O3/c1-3-24(2)20(28)18-16-8-9-25(12-13(16)10-23-19(18)27)17(26)11-22-15-6-4-14(21)5-7-15/h4-7,10,22H,3,8-9,11-12H2,1-2H3,(H,23,27). The highest BCUT2D eigenvalue weighted by atomic mass is 19.1. The molecule has 1 aliphatic rings. The van der Waals surface area contributed by atoms with Gasteiger partial charge in [-0.3, -0.25) is 14.4 Å². The monoisotopic (exact) mass is 386 g/mol. The molecule has 0 bridgehead atoms. The average Bonchev–Trinajstić information content (AvgIpc) is 2.71. The summed E-state index contributed by atoms with van der Waals surface area (Å²) in [6, 6.07) is 5.79. The quantitative estimate of drug-likeness (QED) is 0.818. The van der Waals surface area contributed by atoms with Crippen molar-refractivity contribution in [3.63, 3.8) is 0 Å². The van der Waals surface area contributed by atoms with E-state index in [1.807, 2.05) is 6.92 Å². The van der Waals surface area contributed by atoms with E-state index in [4.69, 9.17) is 0 Å². The number of anilines is 1. The highest BCUT2D eigenvalue weighted by Crippen LogP contribution is 2.21. The SMILES string of the molecule is CCN(C)C(=O)c1c2c(c[nH]c1=O)CN(C(=O)CNc1ccc(F)cc1)CC2. The minimum atomic E-state index is -0.401. The van der Waals surface area contributed by atoms with Crippen LogP contribution in [0.1, 0.15) is 28.4 Å². The Morgan fingerprint density at radius 1 is 1.29 bits per heavy atom. The van der Waals surface area contributed by atoms with Crippen LogP contribution in [-0.4, -0.2) is 53.3 Å². The van der Waals surface area contributed by atoms with Crippen LogP contribution in [-0.2, 0) is 17.8 Å². The molecular formula is C20H23FN4O3. The van der Waals surface area contributed by atoms with E-state index in [-0.39, 0.29) is 29.7 Å². The first-order valence-electron chi connectivity index (χ1n) is 9.16. The van der Waals surface area contributed by atoms with Gasteiger partial charge in [0, 0.05) is 38.6 Å². The molecule has 0 fully saturated rings. The molecule has 1 aromatic carbocycles. The third kappa shape index (κ3) is 4.05. The lowest BCUT2D eigenvalue weighted by Crippen LogP contribution is -2.42. The summed E-state index contributed by atoms with van der Waals surface area (Å²) in [4.78, 5) is 43.1. The van der Waals surface area contributed by atoms with E-state index >= 15 is 0 Å². The zero-order chi connectivity index (χ0) is 20.3. The highest BCUT2D eigenvalue weighted by molar-refractivity contribution is 5.95. The van der Waals surface area contributed by atoms with Crippen molar-refractivity contribution >= 4 is 17.5 Å². The van der Waals surface area contributed by atoms with Gasteiger partial charge in [0.1, 0.15) is 11.4 Å². The Balaban J connectivity index is 1.72. The smallest absolute Gasteiger partial charge is 0.261 e. The summed E-state index contributed by atoms with van der Waals surface area (Å²) in [6.07, 6.45) is 2.02. The maximum Gasteiger partial charge on any atom is 0.261 e. The lowest BCUT2D eigenvalue weighted by molar-refractivity contribution is -0.130. The second-order valence-corrected chi connectivity index (χ2v) is 6.74. The van der Waals surface area contributed by atoms with Crippen molar-refractivity contribution in [3.05, 3.63) is 63.3 Å². The van der Waals surface area contributed by atoms with E-state index in [9.17, 15) is 18.8 Å². The largest absolute Gasteiger partial charge is 0.376 e. The molecule has 2 amide bonds. The number of hydrogen-bond acceptors (Lipinski definition) is 4. The molecule has 0 aliphatic carbocycles. The van der Waals surface area contributed by atoms with Crippen molar-refractivity contribution in [2.24, 2.45) is 0 Å². The highest BCUT2D eigenvalue weighted by Gasteiger charge is 2.27. The molecule has 0 saturated carbocycles. The Kier molecular flexibility index (Phi) is 5.77. The number of nitrogens with one attached hydrogen (secondary N) is 2. The third-order valence-electron chi connectivity index (χ3n) is 4.96. The first kappa shape index (κ1) is 19.6. The van der Waals surface area contributed by atoms with Crippen LogP contribution in [0.4, 0.5) is 10.1 Å². The number of fused-ring (bicyclic) bond motifs is 1. The van der Waals surface area contributed by atoms with Crippen LogP contribution in [0, 0.1) is 5.82 Å². The van der Waals surface area contributed by atoms with Crippen molar-refractivity contribution in [1.82, 2.24) is 14.8 Å². The number of pyridine rings is 1. The Hall–Kier alpha value is -3.16. The molecule has 0 spiro atoms. The topological polar surface area (TPSA) is 85.5 Å². The molecule has 2 N–H and O–H groups in total. The second kappa shape index (κ2) is 8.24. The number of carbonyl (C=O) groups is 2. The lowest BCUT2D eigenvalue weighted by atomic mass is 9.96. The summed E-state index contributed by atoms with van der Waals surface area (Å²) in [5.41, 5.74) is 1.91. The van der Waals surface area contributed by atoms with E-state index in [1.165, 1.54) is 17.0 Å². The fourth-order valence-corrected chi connectivity index (χ4v) is 3.20.